The molecule has 1 aromatic heterocycles. The SMILES string of the molecule is O=C(N1CCCCC1)N1CCn2cncc2C1. The van der Waals surface area contributed by atoms with Gasteiger partial charge in [-0.2, -0.15) is 0 Å². The van der Waals surface area contributed by atoms with Gasteiger partial charge in [-0.3, -0.25) is 0 Å². The lowest BCUT2D eigenvalue weighted by molar-refractivity contribution is 0.132. The van der Waals surface area contributed by atoms with Gasteiger partial charge in [0.15, 0.2) is 0 Å². The number of urea groups is 1. The van der Waals surface area contributed by atoms with Crippen LogP contribution in [0.15, 0.2) is 12.5 Å². The van der Waals surface area contributed by atoms with Crippen LogP contribution in [0.25, 0.3) is 0 Å². The van der Waals surface area contributed by atoms with Gasteiger partial charge in [0.05, 0.1) is 18.6 Å². The van der Waals surface area contributed by atoms with Crippen molar-refractivity contribution in [2.45, 2.75) is 32.4 Å². The number of likely N-dealkylation sites (tertiary alicyclic amines) is 1. The molecular formula is C12H18N4O. The first-order chi connectivity index (χ1) is 8.34. The molecule has 3 rings (SSSR count). The molecule has 2 aliphatic heterocycles. The third-order valence-electron chi connectivity index (χ3n) is 3.66. The van der Waals surface area contributed by atoms with Gasteiger partial charge in [0, 0.05) is 32.4 Å². The van der Waals surface area contributed by atoms with Crippen molar-refractivity contribution in [3.63, 3.8) is 0 Å². The second kappa shape index (κ2) is 4.39. The summed E-state index contributed by atoms with van der Waals surface area (Å²) in [6.45, 7) is 4.23. The molecule has 17 heavy (non-hydrogen) atoms. The molecule has 1 fully saturated rings. The zero-order chi connectivity index (χ0) is 11.7. The van der Waals surface area contributed by atoms with Crippen molar-refractivity contribution in [3.8, 4) is 0 Å². The van der Waals surface area contributed by atoms with Crippen molar-refractivity contribution >= 4 is 6.03 Å². The Morgan fingerprint density at radius 1 is 1.06 bits per heavy atom. The molecule has 5 nitrogen and oxygen atoms in total. The number of hydrogen-bond donors (Lipinski definition) is 0. The minimum atomic E-state index is 0.206. The van der Waals surface area contributed by atoms with Crippen LogP contribution in [0, 0.1) is 0 Å². The van der Waals surface area contributed by atoms with Crippen LogP contribution >= 0.6 is 0 Å². The van der Waals surface area contributed by atoms with Gasteiger partial charge < -0.3 is 14.4 Å². The number of rotatable bonds is 0. The zero-order valence-electron chi connectivity index (χ0n) is 10.0. The second-order valence-electron chi connectivity index (χ2n) is 4.83. The minimum absolute atomic E-state index is 0.206. The molecule has 5 heteroatoms. The van der Waals surface area contributed by atoms with Crippen molar-refractivity contribution in [2.24, 2.45) is 0 Å². The number of carbonyl (C=O) groups is 1. The number of imidazole rings is 1. The van der Waals surface area contributed by atoms with E-state index in [2.05, 4.69) is 9.55 Å². The first-order valence-corrected chi connectivity index (χ1v) is 6.37. The molecule has 2 aliphatic rings. The smallest absolute Gasteiger partial charge is 0.320 e. The highest BCUT2D eigenvalue weighted by atomic mass is 16.2. The van der Waals surface area contributed by atoms with Gasteiger partial charge >= 0.3 is 6.03 Å². The Bertz CT molecular complexity index is 408. The van der Waals surface area contributed by atoms with Gasteiger partial charge in [-0.1, -0.05) is 0 Å². The van der Waals surface area contributed by atoms with Gasteiger partial charge in [-0.15, -0.1) is 0 Å². The maximum absolute atomic E-state index is 12.3. The van der Waals surface area contributed by atoms with E-state index in [1.54, 1.807) is 0 Å². The Hall–Kier alpha value is -1.52. The molecule has 0 atom stereocenters. The first-order valence-electron chi connectivity index (χ1n) is 6.37. The molecule has 0 aromatic carbocycles. The first kappa shape index (κ1) is 10.6. The van der Waals surface area contributed by atoms with E-state index in [0.29, 0.717) is 6.54 Å². The highest BCUT2D eigenvalue weighted by Crippen LogP contribution is 2.16. The lowest BCUT2D eigenvalue weighted by atomic mass is 10.1. The highest BCUT2D eigenvalue weighted by Gasteiger charge is 2.25. The minimum Gasteiger partial charge on any atom is -0.331 e. The fourth-order valence-corrected chi connectivity index (χ4v) is 2.63. The Labute approximate surface area is 101 Å². The number of aromatic nitrogens is 2. The molecule has 2 amide bonds. The number of carbonyl (C=O) groups excluding carboxylic acids is 1. The summed E-state index contributed by atoms with van der Waals surface area (Å²) in [5.41, 5.74) is 1.14. The molecule has 1 saturated heterocycles. The molecule has 0 bridgehead atoms. The zero-order valence-corrected chi connectivity index (χ0v) is 10.0. The van der Waals surface area contributed by atoms with Crippen molar-refractivity contribution in [3.05, 3.63) is 18.2 Å². The Kier molecular flexibility index (Phi) is 2.74. The average Bonchev–Trinajstić information content (AvgIpc) is 2.86. The van der Waals surface area contributed by atoms with E-state index in [9.17, 15) is 4.79 Å². The summed E-state index contributed by atoms with van der Waals surface area (Å²) >= 11 is 0. The average molecular weight is 234 g/mol. The van der Waals surface area contributed by atoms with Crippen molar-refractivity contribution < 1.29 is 4.79 Å². The van der Waals surface area contributed by atoms with Gasteiger partial charge in [0.1, 0.15) is 0 Å². The third-order valence-corrected chi connectivity index (χ3v) is 3.66. The van der Waals surface area contributed by atoms with Crippen LogP contribution in [0.1, 0.15) is 25.0 Å². The molecule has 92 valence electrons. The Balaban J connectivity index is 1.67. The van der Waals surface area contributed by atoms with Crippen molar-refractivity contribution in [1.82, 2.24) is 19.4 Å². The maximum atomic E-state index is 12.3. The fourth-order valence-electron chi connectivity index (χ4n) is 2.63. The van der Waals surface area contributed by atoms with Crippen LogP contribution in [-0.2, 0) is 13.1 Å². The molecular weight excluding hydrogens is 216 g/mol. The Morgan fingerprint density at radius 3 is 2.71 bits per heavy atom. The number of hydrogen-bond acceptors (Lipinski definition) is 2. The van der Waals surface area contributed by atoms with E-state index < -0.39 is 0 Å². The monoisotopic (exact) mass is 234 g/mol. The van der Waals surface area contributed by atoms with Crippen LogP contribution in [-0.4, -0.2) is 45.0 Å². The quantitative estimate of drug-likeness (QED) is 0.679. The lowest BCUT2D eigenvalue weighted by Gasteiger charge is -2.35. The van der Waals surface area contributed by atoms with E-state index in [1.807, 2.05) is 22.3 Å². The molecule has 0 unspecified atom stereocenters. The predicted molar refractivity (Wildman–Crippen MR) is 63.5 cm³/mol. The van der Waals surface area contributed by atoms with Crippen molar-refractivity contribution in [1.29, 1.82) is 0 Å². The summed E-state index contributed by atoms with van der Waals surface area (Å²) in [5, 5.41) is 0. The largest absolute Gasteiger partial charge is 0.331 e. The third kappa shape index (κ3) is 2.01. The van der Waals surface area contributed by atoms with E-state index in [1.165, 1.54) is 6.42 Å². The summed E-state index contributed by atoms with van der Waals surface area (Å²) in [7, 11) is 0. The number of nitrogens with zero attached hydrogens (tertiary/aromatic N) is 4. The van der Waals surface area contributed by atoms with Gasteiger partial charge in [-0.25, -0.2) is 9.78 Å². The van der Waals surface area contributed by atoms with Crippen molar-refractivity contribution in [2.75, 3.05) is 19.6 Å². The summed E-state index contributed by atoms with van der Waals surface area (Å²) < 4.78 is 2.12. The molecule has 1 aromatic rings. The fraction of sp³-hybridized carbons (Fsp3) is 0.667. The standard InChI is InChI=1S/C12H18N4O/c17-12(14-4-2-1-3-5-14)15-6-7-16-10-13-8-11(16)9-15/h8,10H,1-7,9H2. The maximum Gasteiger partial charge on any atom is 0.320 e. The van der Waals surface area contributed by atoms with Crippen LogP contribution in [0.4, 0.5) is 4.79 Å². The van der Waals surface area contributed by atoms with Crippen LogP contribution < -0.4 is 0 Å². The molecule has 0 N–H and O–H groups in total. The highest BCUT2D eigenvalue weighted by molar-refractivity contribution is 5.74. The Morgan fingerprint density at radius 2 is 1.88 bits per heavy atom. The number of piperidine rings is 1. The second-order valence-corrected chi connectivity index (χ2v) is 4.83. The van der Waals surface area contributed by atoms with Crippen LogP contribution in [0.3, 0.4) is 0 Å². The molecule has 0 saturated carbocycles. The summed E-state index contributed by atoms with van der Waals surface area (Å²) in [4.78, 5) is 20.4. The number of amides is 2. The summed E-state index contributed by atoms with van der Waals surface area (Å²) in [6.07, 6.45) is 7.26. The van der Waals surface area contributed by atoms with Gasteiger partial charge in [0.2, 0.25) is 0 Å². The summed E-state index contributed by atoms with van der Waals surface area (Å²) in [6, 6.07) is 0.206. The normalized spacial score (nSPS) is 20.2. The van der Waals surface area contributed by atoms with E-state index in [-0.39, 0.29) is 6.03 Å². The predicted octanol–water partition coefficient (Wildman–Crippen LogP) is 1.30. The van der Waals surface area contributed by atoms with Crippen LogP contribution in [0.2, 0.25) is 0 Å². The van der Waals surface area contributed by atoms with Gasteiger partial charge in [0.25, 0.3) is 0 Å². The molecule has 0 radical (unpaired) electrons. The lowest BCUT2D eigenvalue weighted by Crippen LogP contribution is -2.47. The molecule has 3 heterocycles. The molecule has 0 spiro atoms. The van der Waals surface area contributed by atoms with E-state index in [0.717, 1.165) is 44.7 Å². The topological polar surface area (TPSA) is 41.4 Å². The van der Waals surface area contributed by atoms with Gasteiger partial charge in [-0.05, 0) is 19.3 Å². The summed E-state index contributed by atoms with van der Waals surface area (Å²) in [5.74, 6) is 0. The van der Waals surface area contributed by atoms with E-state index >= 15 is 0 Å². The van der Waals surface area contributed by atoms with E-state index in [4.69, 9.17) is 0 Å². The molecule has 0 aliphatic carbocycles. The van der Waals surface area contributed by atoms with Crippen LogP contribution in [0.5, 0.6) is 0 Å². The number of fused-ring (bicyclic) bond motifs is 1.